The Labute approximate surface area is 168 Å². The van der Waals surface area contributed by atoms with E-state index in [4.69, 9.17) is 0 Å². The fourth-order valence-corrected chi connectivity index (χ4v) is 3.40. The molecule has 0 aliphatic carbocycles. The lowest BCUT2D eigenvalue weighted by atomic mass is 10.1. The van der Waals surface area contributed by atoms with E-state index in [0.717, 1.165) is 22.0 Å². The summed E-state index contributed by atoms with van der Waals surface area (Å²) in [7, 11) is 0. The van der Waals surface area contributed by atoms with Gasteiger partial charge in [0.1, 0.15) is 10.7 Å². The van der Waals surface area contributed by atoms with Gasteiger partial charge >= 0.3 is 6.03 Å². The van der Waals surface area contributed by atoms with Gasteiger partial charge in [-0.3, -0.25) is 10.1 Å². The molecule has 3 aromatic rings. The second-order valence-corrected chi connectivity index (χ2v) is 7.67. The van der Waals surface area contributed by atoms with Crippen molar-refractivity contribution in [2.45, 2.75) is 18.9 Å². The third-order valence-electron chi connectivity index (χ3n) is 3.96. The van der Waals surface area contributed by atoms with Gasteiger partial charge in [-0.15, -0.1) is 10.2 Å². The molecule has 2 aromatic carbocycles. The van der Waals surface area contributed by atoms with Crippen molar-refractivity contribution in [2.75, 3.05) is 12.3 Å². The summed E-state index contributed by atoms with van der Waals surface area (Å²) in [6, 6.07) is 17.2. The molecule has 144 valence electrons. The lowest BCUT2D eigenvalue weighted by Gasteiger charge is -2.10. The van der Waals surface area contributed by atoms with E-state index in [9.17, 15) is 9.59 Å². The largest absolute Gasteiger partial charge is 0.338 e. The van der Waals surface area contributed by atoms with Crippen LogP contribution in [-0.2, 0) is 4.79 Å². The monoisotopic (exact) mass is 394 g/mol. The molecule has 0 fully saturated rings. The van der Waals surface area contributed by atoms with Crippen molar-refractivity contribution in [2.24, 2.45) is 5.92 Å². The number of thioether (sulfide) groups is 1. The van der Waals surface area contributed by atoms with Crippen molar-refractivity contribution < 1.29 is 9.59 Å². The molecule has 28 heavy (non-hydrogen) atoms. The maximum atomic E-state index is 12.1. The van der Waals surface area contributed by atoms with Crippen LogP contribution in [-0.4, -0.2) is 34.4 Å². The number of aromatic nitrogens is 2. The van der Waals surface area contributed by atoms with Gasteiger partial charge in [-0.25, -0.2) is 4.79 Å². The molecule has 1 aromatic heterocycles. The summed E-state index contributed by atoms with van der Waals surface area (Å²) in [5.74, 6) is 0.0302. The van der Waals surface area contributed by atoms with Gasteiger partial charge in [0.25, 0.3) is 0 Å². The first kappa shape index (κ1) is 19.8. The lowest BCUT2D eigenvalue weighted by molar-refractivity contribution is -0.117. The number of carbonyl (C=O) groups is 2. The highest BCUT2D eigenvalue weighted by Crippen LogP contribution is 2.31. The molecule has 0 unspecified atom stereocenters. The predicted molar refractivity (Wildman–Crippen MR) is 112 cm³/mol. The van der Waals surface area contributed by atoms with Crippen LogP contribution < -0.4 is 10.6 Å². The van der Waals surface area contributed by atoms with Crippen molar-refractivity contribution >= 4 is 34.5 Å². The maximum Gasteiger partial charge on any atom is 0.321 e. The Kier molecular flexibility index (Phi) is 6.60. The minimum absolute atomic E-state index is 0.0818. The minimum Gasteiger partial charge on any atom is -0.338 e. The Morgan fingerprint density at radius 2 is 1.64 bits per heavy atom. The average Bonchev–Trinajstić information content (AvgIpc) is 2.71. The Morgan fingerprint density at radius 1 is 0.964 bits per heavy atom. The van der Waals surface area contributed by atoms with Crippen molar-refractivity contribution in [1.82, 2.24) is 20.8 Å². The van der Waals surface area contributed by atoms with Crippen molar-refractivity contribution in [3.63, 3.8) is 0 Å². The van der Waals surface area contributed by atoms with Gasteiger partial charge in [-0.05, 0) is 5.92 Å². The van der Waals surface area contributed by atoms with E-state index < -0.39 is 6.03 Å². The van der Waals surface area contributed by atoms with E-state index in [1.165, 1.54) is 11.8 Å². The highest BCUT2D eigenvalue weighted by atomic mass is 32.2. The van der Waals surface area contributed by atoms with Crippen LogP contribution in [0.4, 0.5) is 4.79 Å². The van der Waals surface area contributed by atoms with Gasteiger partial charge < -0.3 is 5.32 Å². The molecule has 2 N–H and O–H groups in total. The van der Waals surface area contributed by atoms with Crippen LogP contribution in [0.1, 0.15) is 13.8 Å². The molecule has 1 heterocycles. The van der Waals surface area contributed by atoms with E-state index in [1.54, 1.807) is 0 Å². The number of fused-ring (bicyclic) bond motifs is 1. The van der Waals surface area contributed by atoms with Gasteiger partial charge in [0.2, 0.25) is 5.91 Å². The van der Waals surface area contributed by atoms with Crippen LogP contribution in [0.2, 0.25) is 0 Å². The topological polar surface area (TPSA) is 84.0 Å². The van der Waals surface area contributed by atoms with Crippen LogP contribution in [0.5, 0.6) is 0 Å². The third kappa shape index (κ3) is 5.07. The number of imide groups is 1. The van der Waals surface area contributed by atoms with E-state index in [2.05, 4.69) is 20.8 Å². The highest BCUT2D eigenvalue weighted by molar-refractivity contribution is 8.00. The molecule has 0 radical (unpaired) electrons. The molecule has 0 aliphatic heterocycles. The number of carbonyl (C=O) groups excluding carboxylic acids is 2. The van der Waals surface area contributed by atoms with Crippen LogP contribution in [0, 0.1) is 5.92 Å². The zero-order valence-corrected chi connectivity index (χ0v) is 16.6. The van der Waals surface area contributed by atoms with Gasteiger partial charge in [-0.1, -0.05) is 80.2 Å². The molecule has 0 atom stereocenters. The van der Waals surface area contributed by atoms with E-state index in [-0.39, 0.29) is 11.7 Å². The number of urea groups is 1. The summed E-state index contributed by atoms with van der Waals surface area (Å²) in [5.41, 5.74) is 1.79. The molecule has 0 aliphatic rings. The standard InChI is InChI=1S/C21H22N4O2S/c1-14(2)12-22-21(27)23-18(26)13-28-20-17-11-7-6-10-16(17)19(24-25-20)15-8-4-3-5-9-15/h3-11,14H,12-13H2,1-2H3,(H2,22,23,26,27). The average molecular weight is 395 g/mol. The van der Waals surface area contributed by atoms with E-state index in [0.29, 0.717) is 17.5 Å². The normalized spacial score (nSPS) is 10.8. The third-order valence-corrected chi connectivity index (χ3v) is 4.95. The Hall–Kier alpha value is -2.93. The second-order valence-electron chi connectivity index (χ2n) is 6.71. The zero-order valence-electron chi connectivity index (χ0n) is 15.8. The summed E-state index contributed by atoms with van der Waals surface area (Å²) >= 11 is 1.26. The molecule has 0 bridgehead atoms. The maximum absolute atomic E-state index is 12.1. The first-order valence-electron chi connectivity index (χ1n) is 9.06. The molecule has 0 saturated heterocycles. The number of hydrogen-bond donors (Lipinski definition) is 2. The lowest BCUT2D eigenvalue weighted by Crippen LogP contribution is -2.41. The SMILES string of the molecule is CC(C)CNC(=O)NC(=O)CSc1nnc(-c2ccccc2)c2ccccc12. The quantitative estimate of drug-likeness (QED) is 0.620. The summed E-state index contributed by atoms with van der Waals surface area (Å²) in [6.07, 6.45) is 0. The fourth-order valence-electron chi connectivity index (χ4n) is 2.63. The second kappa shape index (κ2) is 9.32. The number of rotatable bonds is 6. The van der Waals surface area contributed by atoms with Gasteiger partial charge in [0.15, 0.2) is 0 Å². The van der Waals surface area contributed by atoms with Gasteiger partial charge in [-0.2, -0.15) is 0 Å². The molecule has 7 heteroatoms. The van der Waals surface area contributed by atoms with Crippen molar-refractivity contribution in [3.8, 4) is 11.3 Å². The first-order chi connectivity index (χ1) is 13.5. The number of hydrogen-bond acceptors (Lipinski definition) is 5. The number of nitrogens with zero attached hydrogens (tertiary/aromatic N) is 2. The zero-order chi connectivity index (χ0) is 19.9. The van der Waals surface area contributed by atoms with Crippen LogP contribution in [0.25, 0.3) is 22.0 Å². The van der Waals surface area contributed by atoms with Gasteiger partial charge in [0.05, 0.1) is 5.75 Å². The Morgan fingerprint density at radius 3 is 2.36 bits per heavy atom. The van der Waals surface area contributed by atoms with Crippen LogP contribution >= 0.6 is 11.8 Å². The van der Waals surface area contributed by atoms with Crippen molar-refractivity contribution in [3.05, 3.63) is 54.6 Å². The summed E-state index contributed by atoms with van der Waals surface area (Å²) < 4.78 is 0. The summed E-state index contributed by atoms with van der Waals surface area (Å²) in [4.78, 5) is 23.8. The summed E-state index contributed by atoms with van der Waals surface area (Å²) in [5, 5.41) is 16.3. The van der Waals surface area contributed by atoms with Crippen molar-refractivity contribution in [1.29, 1.82) is 0 Å². The highest BCUT2D eigenvalue weighted by Gasteiger charge is 2.14. The molecule has 6 nitrogen and oxygen atoms in total. The minimum atomic E-state index is -0.477. The fraction of sp³-hybridized carbons (Fsp3) is 0.238. The Bertz CT molecular complexity index is 977. The number of nitrogens with one attached hydrogen (secondary N) is 2. The molecule has 3 amide bonds. The molecular formula is C21H22N4O2S. The first-order valence-corrected chi connectivity index (χ1v) is 10.0. The molecule has 0 saturated carbocycles. The van der Waals surface area contributed by atoms with E-state index >= 15 is 0 Å². The predicted octanol–water partition coefficient (Wildman–Crippen LogP) is 3.87. The Balaban J connectivity index is 1.72. The number of benzene rings is 2. The smallest absolute Gasteiger partial charge is 0.321 e. The van der Waals surface area contributed by atoms with E-state index in [1.807, 2.05) is 68.4 Å². The van der Waals surface area contributed by atoms with Crippen LogP contribution in [0.3, 0.4) is 0 Å². The molecule has 0 spiro atoms. The van der Waals surface area contributed by atoms with Gasteiger partial charge in [0, 0.05) is 22.9 Å². The van der Waals surface area contributed by atoms with Crippen LogP contribution in [0.15, 0.2) is 59.6 Å². The molecular weight excluding hydrogens is 372 g/mol. The summed E-state index contributed by atoms with van der Waals surface area (Å²) in [6.45, 7) is 4.49. The molecule has 3 rings (SSSR count). The number of amides is 3.